The Morgan fingerprint density at radius 2 is 2.00 bits per heavy atom. The van der Waals surface area contributed by atoms with Crippen LogP contribution in [0.3, 0.4) is 0 Å². The Balaban J connectivity index is 1.27. The molecule has 3 heterocycles. The van der Waals surface area contributed by atoms with Gasteiger partial charge in [0.05, 0.1) is 10.5 Å². The molecule has 1 amide bonds. The van der Waals surface area contributed by atoms with Gasteiger partial charge in [-0.1, -0.05) is 30.3 Å². The summed E-state index contributed by atoms with van der Waals surface area (Å²) in [6, 6.07) is 15.1. The third-order valence-electron chi connectivity index (χ3n) is 6.15. The van der Waals surface area contributed by atoms with Gasteiger partial charge >= 0.3 is 0 Å². The second-order valence-corrected chi connectivity index (χ2v) is 9.18. The third-order valence-corrected chi connectivity index (χ3v) is 6.45. The van der Waals surface area contributed by atoms with Gasteiger partial charge in [0.15, 0.2) is 5.82 Å². The van der Waals surface area contributed by atoms with Crippen LogP contribution in [0.15, 0.2) is 73.6 Å². The number of nitrogens with zero attached hydrogens (tertiary/aromatic N) is 4. The van der Waals surface area contributed by atoms with Crippen molar-refractivity contribution in [2.24, 2.45) is 0 Å². The molecular weight excluding hydrogens is 509 g/mol. The highest BCUT2D eigenvalue weighted by Gasteiger charge is 2.23. The van der Waals surface area contributed by atoms with Gasteiger partial charge in [0, 0.05) is 37.7 Å². The quantitative estimate of drug-likeness (QED) is 0.291. The van der Waals surface area contributed by atoms with Gasteiger partial charge in [0.2, 0.25) is 11.8 Å². The molecule has 2 aromatic carbocycles. The third kappa shape index (κ3) is 6.00. The number of amides is 1. The molecule has 194 valence electrons. The van der Waals surface area contributed by atoms with E-state index in [0.717, 1.165) is 0 Å². The largest absolute Gasteiger partial charge is 0.487 e. The molecule has 2 aromatic heterocycles. The van der Waals surface area contributed by atoms with Crippen molar-refractivity contribution < 1.29 is 18.7 Å². The Morgan fingerprint density at radius 3 is 2.76 bits per heavy atom. The second kappa shape index (κ2) is 11.4. The highest BCUT2D eigenvalue weighted by Crippen LogP contribution is 2.31. The van der Waals surface area contributed by atoms with Gasteiger partial charge in [0.25, 0.3) is 0 Å². The van der Waals surface area contributed by atoms with E-state index in [4.69, 9.17) is 21.1 Å². The molecule has 1 N–H and O–H groups in total. The molecule has 38 heavy (non-hydrogen) atoms. The van der Waals surface area contributed by atoms with Crippen LogP contribution in [0.4, 0.5) is 15.9 Å². The van der Waals surface area contributed by atoms with Crippen LogP contribution in [0.5, 0.6) is 11.6 Å². The Morgan fingerprint density at radius 1 is 1.16 bits per heavy atom. The van der Waals surface area contributed by atoms with Crippen LogP contribution in [0.2, 0.25) is 5.02 Å². The molecule has 0 saturated carbocycles. The highest BCUT2D eigenvalue weighted by atomic mass is 35.5. The minimum Gasteiger partial charge on any atom is -0.487 e. The van der Waals surface area contributed by atoms with E-state index in [1.165, 1.54) is 24.5 Å². The van der Waals surface area contributed by atoms with Gasteiger partial charge in [-0.15, -0.1) is 0 Å². The minimum absolute atomic E-state index is 0.0476. The number of likely N-dealkylation sites (tertiary alicyclic amines) is 1. The van der Waals surface area contributed by atoms with Crippen LogP contribution in [0.1, 0.15) is 18.4 Å². The van der Waals surface area contributed by atoms with E-state index in [1.807, 2.05) is 6.07 Å². The van der Waals surface area contributed by atoms with E-state index in [-0.39, 0.29) is 24.4 Å². The molecule has 0 atom stereocenters. The van der Waals surface area contributed by atoms with Gasteiger partial charge in [-0.05, 0) is 48.0 Å². The average molecular weight is 534 g/mol. The summed E-state index contributed by atoms with van der Waals surface area (Å²) in [7, 11) is 0. The number of carbonyl (C=O) groups excluding carboxylic acids is 1. The van der Waals surface area contributed by atoms with Crippen LogP contribution in [-0.2, 0) is 11.4 Å². The van der Waals surface area contributed by atoms with Crippen molar-refractivity contribution in [3.63, 3.8) is 0 Å². The predicted octanol–water partition coefficient (Wildman–Crippen LogP) is 5.70. The van der Waals surface area contributed by atoms with Crippen molar-refractivity contribution in [1.82, 2.24) is 19.9 Å². The Hall–Kier alpha value is -4.24. The van der Waals surface area contributed by atoms with Crippen LogP contribution < -0.4 is 14.8 Å². The number of hydrogen-bond acceptors (Lipinski definition) is 7. The summed E-state index contributed by atoms with van der Waals surface area (Å²) < 4.78 is 25.3. The zero-order valence-electron chi connectivity index (χ0n) is 20.4. The number of nitrogens with one attached hydrogen (secondary N) is 1. The summed E-state index contributed by atoms with van der Waals surface area (Å²) in [5.41, 5.74) is 2.59. The number of carbonyl (C=O) groups is 1. The number of aromatic nitrogens is 3. The molecule has 0 radical (unpaired) electrons. The van der Waals surface area contributed by atoms with Crippen molar-refractivity contribution in [1.29, 1.82) is 0 Å². The van der Waals surface area contributed by atoms with Crippen molar-refractivity contribution in [2.45, 2.75) is 25.6 Å². The zero-order valence-corrected chi connectivity index (χ0v) is 21.2. The van der Waals surface area contributed by atoms with Crippen LogP contribution in [0, 0.1) is 5.82 Å². The first kappa shape index (κ1) is 25.4. The van der Waals surface area contributed by atoms with Crippen LogP contribution >= 0.6 is 11.6 Å². The number of halogens is 2. The highest BCUT2D eigenvalue weighted by molar-refractivity contribution is 6.32. The van der Waals surface area contributed by atoms with E-state index in [0.29, 0.717) is 70.7 Å². The SMILES string of the molecule is C=CC(=O)N1CCC(Oc2ccc3ncnc(Nc4ccc(OCc5cccc(F)c5)c(Cl)c4)c3n2)CC1. The molecule has 5 rings (SSSR count). The molecule has 0 spiro atoms. The number of ether oxygens (including phenoxy) is 2. The molecule has 0 bridgehead atoms. The van der Waals surface area contributed by atoms with Gasteiger partial charge in [0.1, 0.15) is 36.1 Å². The monoisotopic (exact) mass is 533 g/mol. The first-order valence-electron chi connectivity index (χ1n) is 12.1. The lowest BCUT2D eigenvalue weighted by Crippen LogP contribution is -2.41. The molecule has 1 aliphatic heterocycles. The predicted molar refractivity (Wildman–Crippen MR) is 143 cm³/mol. The number of fused-ring (bicyclic) bond motifs is 1. The van der Waals surface area contributed by atoms with E-state index in [1.54, 1.807) is 41.3 Å². The van der Waals surface area contributed by atoms with Crippen molar-refractivity contribution in [3.05, 3.63) is 90.0 Å². The number of benzene rings is 2. The van der Waals surface area contributed by atoms with Crippen molar-refractivity contribution in [2.75, 3.05) is 18.4 Å². The number of pyridine rings is 1. The summed E-state index contributed by atoms with van der Waals surface area (Å²) in [5.74, 6) is 1.05. The lowest BCUT2D eigenvalue weighted by atomic mass is 10.1. The first-order valence-corrected chi connectivity index (χ1v) is 12.5. The van der Waals surface area contributed by atoms with Gasteiger partial charge in [-0.2, -0.15) is 0 Å². The van der Waals surface area contributed by atoms with E-state index < -0.39 is 0 Å². The molecule has 0 aliphatic carbocycles. The number of rotatable bonds is 8. The molecule has 1 saturated heterocycles. The first-order chi connectivity index (χ1) is 18.5. The minimum atomic E-state index is -0.318. The molecule has 1 fully saturated rings. The fraction of sp³-hybridized carbons (Fsp3) is 0.214. The Kier molecular flexibility index (Phi) is 7.65. The number of anilines is 2. The average Bonchev–Trinajstić information content (AvgIpc) is 2.93. The van der Waals surface area contributed by atoms with E-state index >= 15 is 0 Å². The van der Waals surface area contributed by atoms with E-state index in [2.05, 4.69) is 26.8 Å². The normalized spacial score (nSPS) is 13.8. The smallest absolute Gasteiger partial charge is 0.245 e. The molecule has 4 aromatic rings. The number of hydrogen-bond donors (Lipinski definition) is 1. The molecule has 8 nitrogen and oxygen atoms in total. The van der Waals surface area contributed by atoms with Crippen LogP contribution in [0.25, 0.3) is 11.0 Å². The molecular formula is C28H25ClFN5O3. The lowest BCUT2D eigenvalue weighted by molar-refractivity contribution is -0.127. The van der Waals surface area contributed by atoms with Crippen molar-refractivity contribution in [3.8, 4) is 11.6 Å². The van der Waals surface area contributed by atoms with Crippen molar-refractivity contribution >= 4 is 40.0 Å². The number of piperidine rings is 1. The second-order valence-electron chi connectivity index (χ2n) is 8.77. The lowest BCUT2D eigenvalue weighted by Gasteiger charge is -2.31. The summed E-state index contributed by atoms with van der Waals surface area (Å²) in [5, 5.41) is 3.63. The fourth-order valence-corrected chi connectivity index (χ4v) is 4.43. The summed E-state index contributed by atoms with van der Waals surface area (Å²) in [4.78, 5) is 26.9. The summed E-state index contributed by atoms with van der Waals surface area (Å²) in [6.45, 7) is 4.96. The summed E-state index contributed by atoms with van der Waals surface area (Å²) in [6.07, 6.45) is 4.16. The standard InChI is InChI=1S/C28H25ClFN5O3/c1-2-26(36)35-12-10-21(11-13-35)38-25-9-7-23-27(34-25)28(32-17-31-23)33-20-6-8-24(22(29)15-20)37-16-18-4-3-5-19(30)14-18/h2-9,14-15,17,21H,1,10-13,16H2,(H,31,32,33). The Labute approximate surface area is 224 Å². The maximum Gasteiger partial charge on any atom is 0.245 e. The molecule has 10 heteroatoms. The van der Waals surface area contributed by atoms with Gasteiger partial charge < -0.3 is 19.7 Å². The van der Waals surface area contributed by atoms with Gasteiger partial charge in [-0.3, -0.25) is 4.79 Å². The topological polar surface area (TPSA) is 89.5 Å². The summed E-state index contributed by atoms with van der Waals surface area (Å²) >= 11 is 6.45. The Bertz CT molecular complexity index is 1480. The fourth-order valence-electron chi connectivity index (χ4n) is 4.19. The van der Waals surface area contributed by atoms with Gasteiger partial charge in [-0.25, -0.2) is 19.3 Å². The van der Waals surface area contributed by atoms with Crippen LogP contribution in [-0.4, -0.2) is 45.0 Å². The molecule has 1 aliphatic rings. The molecule has 0 unspecified atom stereocenters. The van der Waals surface area contributed by atoms with E-state index in [9.17, 15) is 9.18 Å². The maximum atomic E-state index is 13.4. The maximum absolute atomic E-state index is 13.4. The zero-order chi connectivity index (χ0) is 26.5.